The molecule has 4 heteroatoms. The number of nitrogens with one attached hydrogen (secondary N) is 1. The first-order valence-corrected chi connectivity index (χ1v) is 7.02. The van der Waals surface area contributed by atoms with Gasteiger partial charge in [0.2, 0.25) is 5.91 Å². The predicted molar refractivity (Wildman–Crippen MR) is 74.9 cm³/mol. The molecule has 1 aromatic rings. The van der Waals surface area contributed by atoms with Gasteiger partial charge in [-0.05, 0) is 56.1 Å². The van der Waals surface area contributed by atoms with Crippen LogP contribution in [0.25, 0.3) is 0 Å². The number of hydrogen-bond donors (Lipinski definition) is 1. The van der Waals surface area contributed by atoms with Crippen molar-refractivity contribution in [3.8, 4) is 0 Å². The topological polar surface area (TPSA) is 32.3 Å². The smallest absolute Gasteiger partial charge is 0.227 e. The molecule has 0 saturated carbocycles. The third-order valence-corrected chi connectivity index (χ3v) is 3.40. The van der Waals surface area contributed by atoms with Gasteiger partial charge in [-0.15, -0.1) is 0 Å². The van der Waals surface area contributed by atoms with Crippen molar-refractivity contribution in [2.75, 3.05) is 24.5 Å². The van der Waals surface area contributed by atoms with Crippen LogP contribution in [0.5, 0.6) is 0 Å². The Morgan fingerprint density at radius 3 is 2.95 bits per heavy atom. The molecule has 0 fully saturated rings. The number of hydrogen-bond acceptors (Lipinski definition) is 2. The fourth-order valence-electron chi connectivity index (χ4n) is 2.44. The zero-order valence-electron chi connectivity index (χ0n) is 11.4. The Balaban J connectivity index is 1.98. The Hall–Kier alpha value is -1.42. The number of nitrogens with zero attached hydrogens (tertiary/aromatic N) is 1. The molecule has 1 aliphatic heterocycles. The van der Waals surface area contributed by atoms with E-state index < -0.39 is 0 Å². The van der Waals surface area contributed by atoms with E-state index in [0.717, 1.165) is 37.2 Å². The number of carbonyl (C=O) groups is 1. The van der Waals surface area contributed by atoms with Crippen LogP contribution in [0.1, 0.15) is 31.7 Å². The Kier molecular flexibility index (Phi) is 4.91. The van der Waals surface area contributed by atoms with Crippen LogP contribution >= 0.6 is 0 Å². The van der Waals surface area contributed by atoms with Gasteiger partial charge in [-0.1, -0.05) is 6.92 Å². The van der Waals surface area contributed by atoms with Gasteiger partial charge in [0.1, 0.15) is 5.82 Å². The lowest BCUT2D eigenvalue weighted by atomic mass is 10.0. The third-order valence-electron chi connectivity index (χ3n) is 3.40. The van der Waals surface area contributed by atoms with Crippen LogP contribution in [0.4, 0.5) is 10.1 Å². The average molecular weight is 264 g/mol. The van der Waals surface area contributed by atoms with Crippen molar-refractivity contribution < 1.29 is 9.18 Å². The number of halogens is 1. The SMILES string of the molecule is CCCNCCCN1C(=O)CCc2cc(F)ccc21. The molecule has 2 rings (SSSR count). The van der Waals surface area contributed by atoms with Gasteiger partial charge >= 0.3 is 0 Å². The largest absolute Gasteiger partial charge is 0.317 e. The molecule has 3 nitrogen and oxygen atoms in total. The van der Waals surface area contributed by atoms with Gasteiger partial charge < -0.3 is 10.2 Å². The Labute approximate surface area is 113 Å². The van der Waals surface area contributed by atoms with E-state index in [2.05, 4.69) is 12.2 Å². The molecule has 1 aliphatic rings. The van der Waals surface area contributed by atoms with E-state index in [1.54, 1.807) is 17.0 Å². The second-order valence-corrected chi connectivity index (χ2v) is 4.92. The number of amides is 1. The molecule has 0 radical (unpaired) electrons. The van der Waals surface area contributed by atoms with Crippen LogP contribution in [-0.2, 0) is 11.2 Å². The third kappa shape index (κ3) is 3.53. The summed E-state index contributed by atoms with van der Waals surface area (Å²) in [5.74, 6) is -0.0766. The number of carbonyl (C=O) groups excluding carboxylic acids is 1. The summed E-state index contributed by atoms with van der Waals surface area (Å²) in [5, 5.41) is 3.32. The molecule has 104 valence electrons. The van der Waals surface area contributed by atoms with Crippen molar-refractivity contribution in [1.82, 2.24) is 5.32 Å². The lowest BCUT2D eigenvalue weighted by Crippen LogP contribution is -2.37. The van der Waals surface area contributed by atoms with Crippen molar-refractivity contribution >= 4 is 11.6 Å². The van der Waals surface area contributed by atoms with Crippen molar-refractivity contribution in [3.05, 3.63) is 29.6 Å². The summed E-state index contributed by atoms with van der Waals surface area (Å²) in [4.78, 5) is 13.8. The van der Waals surface area contributed by atoms with Gasteiger partial charge in [-0.2, -0.15) is 0 Å². The highest BCUT2D eigenvalue weighted by Crippen LogP contribution is 2.28. The molecule has 1 heterocycles. The van der Waals surface area contributed by atoms with Crippen LogP contribution in [0.2, 0.25) is 0 Å². The number of rotatable bonds is 6. The minimum Gasteiger partial charge on any atom is -0.317 e. The van der Waals surface area contributed by atoms with Crippen molar-refractivity contribution in [3.63, 3.8) is 0 Å². The van der Waals surface area contributed by atoms with Crippen LogP contribution in [0.3, 0.4) is 0 Å². The van der Waals surface area contributed by atoms with E-state index in [0.29, 0.717) is 19.4 Å². The summed E-state index contributed by atoms with van der Waals surface area (Å²) < 4.78 is 13.2. The minimum absolute atomic E-state index is 0.148. The maximum absolute atomic E-state index is 13.2. The summed E-state index contributed by atoms with van der Waals surface area (Å²) in [6.45, 7) is 4.75. The summed E-state index contributed by atoms with van der Waals surface area (Å²) in [6, 6.07) is 4.70. The lowest BCUT2D eigenvalue weighted by Gasteiger charge is -2.29. The highest BCUT2D eigenvalue weighted by molar-refractivity contribution is 5.96. The van der Waals surface area contributed by atoms with Crippen LogP contribution < -0.4 is 10.2 Å². The molecule has 1 aromatic carbocycles. The molecule has 1 amide bonds. The molecule has 0 aromatic heterocycles. The van der Waals surface area contributed by atoms with E-state index in [4.69, 9.17) is 0 Å². The van der Waals surface area contributed by atoms with Crippen molar-refractivity contribution in [2.24, 2.45) is 0 Å². The Bertz CT molecular complexity index is 448. The highest BCUT2D eigenvalue weighted by atomic mass is 19.1. The molecule has 0 unspecified atom stereocenters. The standard InChI is InChI=1S/C15H21FN2O/c1-2-8-17-9-3-10-18-14-6-5-13(16)11-12(14)4-7-15(18)19/h5-6,11,17H,2-4,7-10H2,1H3. The first kappa shape index (κ1) is 14.0. The molecule has 1 N–H and O–H groups in total. The fraction of sp³-hybridized carbons (Fsp3) is 0.533. The van der Waals surface area contributed by atoms with E-state index in [1.165, 1.54) is 6.07 Å². The first-order chi connectivity index (χ1) is 9.22. The van der Waals surface area contributed by atoms with Crippen LogP contribution in [0.15, 0.2) is 18.2 Å². The lowest BCUT2D eigenvalue weighted by molar-refractivity contribution is -0.118. The molecular formula is C15H21FN2O. The van der Waals surface area contributed by atoms with Gasteiger partial charge in [0.05, 0.1) is 0 Å². The zero-order chi connectivity index (χ0) is 13.7. The summed E-state index contributed by atoms with van der Waals surface area (Å²) >= 11 is 0. The van der Waals surface area contributed by atoms with Crippen molar-refractivity contribution in [2.45, 2.75) is 32.6 Å². The summed E-state index contributed by atoms with van der Waals surface area (Å²) in [6.07, 6.45) is 3.17. The predicted octanol–water partition coefficient (Wildman–Crippen LogP) is 2.49. The number of anilines is 1. The maximum atomic E-state index is 13.2. The summed E-state index contributed by atoms with van der Waals surface area (Å²) in [5.41, 5.74) is 1.83. The monoisotopic (exact) mass is 264 g/mol. The number of benzene rings is 1. The normalized spacial score (nSPS) is 14.6. The van der Waals surface area contributed by atoms with Gasteiger partial charge in [-0.3, -0.25) is 4.79 Å². The van der Waals surface area contributed by atoms with E-state index in [-0.39, 0.29) is 11.7 Å². The molecule has 0 bridgehead atoms. The van der Waals surface area contributed by atoms with E-state index in [9.17, 15) is 9.18 Å². The second kappa shape index (κ2) is 6.66. The Morgan fingerprint density at radius 1 is 1.32 bits per heavy atom. The Morgan fingerprint density at radius 2 is 2.16 bits per heavy atom. The molecular weight excluding hydrogens is 243 g/mol. The van der Waals surface area contributed by atoms with Crippen LogP contribution in [0, 0.1) is 5.82 Å². The number of fused-ring (bicyclic) bond motifs is 1. The van der Waals surface area contributed by atoms with Gasteiger partial charge in [0, 0.05) is 18.7 Å². The van der Waals surface area contributed by atoms with E-state index >= 15 is 0 Å². The average Bonchev–Trinajstić information content (AvgIpc) is 2.41. The van der Waals surface area contributed by atoms with Crippen LogP contribution in [-0.4, -0.2) is 25.5 Å². The van der Waals surface area contributed by atoms with Gasteiger partial charge in [0.25, 0.3) is 0 Å². The first-order valence-electron chi connectivity index (χ1n) is 7.02. The quantitative estimate of drug-likeness (QED) is 0.801. The van der Waals surface area contributed by atoms with E-state index in [1.807, 2.05) is 0 Å². The molecule has 19 heavy (non-hydrogen) atoms. The van der Waals surface area contributed by atoms with Gasteiger partial charge in [0.15, 0.2) is 0 Å². The number of aryl methyl sites for hydroxylation is 1. The van der Waals surface area contributed by atoms with Gasteiger partial charge in [-0.25, -0.2) is 4.39 Å². The minimum atomic E-state index is -0.224. The fourth-order valence-corrected chi connectivity index (χ4v) is 2.44. The molecule has 0 atom stereocenters. The molecule has 0 spiro atoms. The molecule has 0 saturated heterocycles. The zero-order valence-corrected chi connectivity index (χ0v) is 11.4. The maximum Gasteiger partial charge on any atom is 0.227 e. The second-order valence-electron chi connectivity index (χ2n) is 4.92. The summed E-state index contributed by atoms with van der Waals surface area (Å²) in [7, 11) is 0. The highest BCUT2D eigenvalue weighted by Gasteiger charge is 2.23. The van der Waals surface area contributed by atoms with Crippen molar-refractivity contribution in [1.29, 1.82) is 0 Å². The molecule has 0 aliphatic carbocycles.